The molecule has 0 radical (unpaired) electrons. The Morgan fingerprint density at radius 3 is 2.80 bits per heavy atom. The molecule has 0 unspecified atom stereocenters. The Labute approximate surface area is 89.6 Å². The molecule has 0 aliphatic carbocycles. The molecule has 1 aromatic rings. The highest BCUT2D eigenvalue weighted by molar-refractivity contribution is 5.57. The van der Waals surface area contributed by atoms with Gasteiger partial charge in [0.15, 0.2) is 0 Å². The fourth-order valence-corrected chi connectivity index (χ4v) is 1.08. The molecule has 1 aromatic heterocycles. The minimum Gasteiger partial charge on any atom is -0.383 e. The third-order valence-corrected chi connectivity index (χ3v) is 1.84. The normalized spacial score (nSPS) is 11.2. The highest BCUT2D eigenvalue weighted by Crippen LogP contribution is 2.09. The second kappa shape index (κ2) is 5.45. The summed E-state index contributed by atoms with van der Waals surface area (Å²) in [6.07, 6.45) is 1.70. The van der Waals surface area contributed by atoms with Gasteiger partial charge in [0.05, 0.1) is 19.5 Å². The average molecular weight is 211 g/mol. The number of aliphatic imine (C=N–C) groups is 1. The van der Waals surface area contributed by atoms with Crippen LogP contribution < -0.4 is 0 Å². The number of nitrogens with zero attached hydrogens (tertiary/aromatic N) is 5. The van der Waals surface area contributed by atoms with Gasteiger partial charge in [0.2, 0.25) is 0 Å². The summed E-state index contributed by atoms with van der Waals surface area (Å²) in [7, 11) is 5.49. The number of aromatic nitrogens is 3. The van der Waals surface area contributed by atoms with Crippen LogP contribution in [0.2, 0.25) is 0 Å². The van der Waals surface area contributed by atoms with E-state index in [4.69, 9.17) is 4.74 Å². The third kappa shape index (κ3) is 3.32. The van der Waals surface area contributed by atoms with Gasteiger partial charge in [-0.1, -0.05) is 0 Å². The number of hydrogen-bond acceptors (Lipinski definition) is 4. The van der Waals surface area contributed by atoms with Crippen LogP contribution in [0.25, 0.3) is 0 Å². The Hall–Kier alpha value is -1.43. The van der Waals surface area contributed by atoms with Gasteiger partial charge in [-0.15, -0.1) is 10.2 Å². The van der Waals surface area contributed by atoms with E-state index in [9.17, 15) is 0 Å². The molecule has 0 aromatic carbocycles. The van der Waals surface area contributed by atoms with Gasteiger partial charge in [0.1, 0.15) is 5.82 Å². The molecule has 0 saturated carbocycles. The monoisotopic (exact) mass is 211 g/mol. The van der Waals surface area contributed by atoms with Gasteiger partial charge in [0.25, 0.3) is 5.95 Å². The van der Waals surface area contributed by atoms with E-state index >= 15 is 0 Å². The van der Waals surface area contributed by atoms with Crippen LogP contribution in [0.3, 0.4) is 0 Å². The van der Waals surface area contributed by atoms with Crippen LogP contribution in [0.15, 0.2) is 4.99 Å². The van der Waals surface area contributed by atoms with Crippen LogP contribution in [0.1, 0.15) is 5.82 Å². The van der Waals surface area contributed by atoms with Crippen molar-refractivity contribution < 1.29 is 4.74 Å². The predicted molar refractivity (Wildman–Crippen MR) is 58.5 cm³/mol. The van der Waals surface area contributed by atoms with Crippen molar-refractivity contribution in [1.82, 2.24) is 19.7 Å². The zero-order valence-corrected chi connectivity index (χ0v) is 9.64. The lowest BCUT2D eigenvalue weighted by atomic mass is 10.6. The SMILES string of the molecule is COCCn1c(C)nnc1/N=C/N(C)C. The molecule has 15 heavy (non-hydrogen) atoms. The Kier molecular flexibility index (Phi) is 4.23. The van der Waals surface area contributed by atoms with Crippen molar-refractivity contribution in [3.8, 4) is 0 Å². The first kappa shape index (κ1) is 11.6. The lowest BCUT2D eigenvalue weighted by Gasteiger charge is -2.05. The molecular formula is C9H17N5O. The number of methoxy groups -OCH3 is 1. The standard InChI is InChI=1S/C9H17N5O/c1-8-11-12-9(10-7-13(2)3)14(8)5-6-15-4/h7H,5-6H2,1-4H3/b10-7+. The molecule has 84 valence electrons. The zero-order chi connectivity index (χ0) is 11.3. The van der Waals surface area contributed by atoms with Crippen molar-refractivity contribution in [2.24, 2.45) is 4.99 Å². The Bertz CT molecular complexity index is 331. The number of aryl methyl sites for hydroxylation is 1. The molecule has 0 atom stereocenters. The summed E-state index contributed by atoms with van der Waals surface area (Å²) in [5.41, 5.74) is 0. The van der Waals surface area contributed by atoms with Gasteiger partial charge in [0, 0.05) is 21.2 Å². The van der Waals surface area contributed by atoms with Gasteiger partial charge in [-0.3, -0.25) is 4.57 Å². The predicted octanol–water partition coefficient (Wildman–Crippen LogP) is 0.454. The van der Waals surface area contributed by atoms with E-state index in [1.807, 2.05) is 30.5 Å². The molecule has 6 heteroatoms. The van der Waals surface area contributed by atoms with Gasteiger partial charge >= 0.3 is 0 Å². The molecule has 6 nitrogen and oxygen atoms in total. The lowest BCUT2D eigenvalue weighted by Crippen LogP contribution is -2.09. The first-order valence-electron chi connectivity index (χ1n) is 4.74. The van der Waals surface area contributed by atoms with E-state index in [2.05, 4.69) is 15.2 Å². The maximum Gasteiger partial charge on any atom is 0.252 e. The average Bonchev–Trinajstić information content (AvgIpc) is 2.53. The molecule has 1 rings (SSSR count). The molecule has 0 amide bonds. The number of ether oxygens (including phenoxy) is 1. The molecule has 0 spiro atoms. The summed E-state index contributed by atoms with van der Waals surface area (Å²) >= 11 is 0. The van der Waals surface area contributed by atoms with Crippen LogP contribution in [0.5, 0.6) is 0 Å². The maximum atomic E-state index is 5.01. The van der Waals surface area contributed by atoms with Gasteiger partial charge < -0.3 is 9.64 Å². The maximum absolute atomic E-state index is 5.01. The molecule has 0 bridgehead atoms. The van der Waals surface area contributed by atoms with E-state index in [1.54, 1.807) is 13.4 Å². The van der Waals surface area contributed by atoms with Crippen molar-refractivity contribution in [3.05, 3.63) is 5.82 Å². The number of rotatable bonds is 5. The van der Waals surface area contributed by atoms with Gasteiger partial charge in [-0.2, -0.15) is 0 Å². The van der Waals surface area contributed by atoms with Crippen LogP contribution in [0, 0.1) is 6.92 Å². The third-order valence-electron chi connectivity index (χ3n) is 1.84. The molecule has 0 saturated heterocycles. The first-order valence-corrected chi connectivity index (χ1v) is 4.74. The minimum absolute atomic E-state index is 0.609. The summed E-state index contributed by atoms with van der Waals surface area (Å²) in [6.45, 7) is 3.25. The molecular weight excluding hydrogens is 194 g/mol. The number of hydrogen-bond donors (Lipinski definition) is 0. The van der Waals surface area contributed by atoms with Crippen LogP contribution in [-0.4, -0.2) is 53.8 Å². The molecule has 0 aliphatic heterocycles. The summed E-state index contributed by atoms with van der Waals surface area (Å²) in [5, 5.41) is 7.95. The largest absolute Gasteiger partial charge is 0.383 e. The highest BCUT2D eigenvalue weighted by Gasteiger charge is 2.06. The Balaban J connectivity index is 2.78. The zero-order valence-electron chi connectivity index (χ0n) is 9.64. The van der Waals surface area contributed by atoms with E-state index in [1.165, 1.54) is 0 Å². The molecule has 0 N–H and O–H groups in total. The summed E-state index contributed by atoms with van der Waals surface area (Å²) in [6, 6.07) is 0. The van der Waals surface area contributed by atoms with Crippen molar-refractivity contribution >= 4 is 12.3 Å². The molecule has 1 heterocycles. The second-order valence-electron chi connectivity index (χ2n) is 3.40. The van der Waals surface area contributed by atoms with Crippen LogP contribution in [-0.2, 0) is 11.3 Å². The quantitative estimate of drug-likeness (QED) is 0.524. The van der Waals surface area contributed by atoms with Crippen molar-refractivity contribution in [1.29, 1.82) is 0 Å². The Morgan fingerprint density at radius 1 is 1.47 bits per heavy atom. The summed E-state index contributed by atoms with van der Waals surface area (Å²) in [4.78, 5) is 6.07. The lowest BCUT2D eigenvalue weighted by molar-refractivity contribution is 0.187. The van der Waals surface area contributed by atoms with E-state index < -0.39 is 0 Å². The first-order chi connectivity index (χ1) is 7.15. The topological polar surface area (TPSA) is 55.5 Å². The molecule has 0 aliphatic rings. The van der Waals surface area contributed by atoms with Crippen molar-refractivity contribution in [2.45, 2.75) is 13.5 Å². The highest BCUT2D eigenvalue weighted by atomic mass is 16.5. The van der Waals surface area contributed by atoms with E-state index in [0.29, 0.717) is 12.6 Å². The molecule has 0 fully saturated rings. The van der Waals surface area contributed by atoms with E-state index in [-0.39, 0.29) is 0 Å². The van der Waals surface area contributed by atoms with Crippen molar-refractivity contribution in [3.63, 3.8) is 0 Å². The summed E-state index contributed by atoms with van der Waals surface area (Å²) < 4.78 is 6.93. The minimum atomic E-state index is 0.609. The summed E-state index contributed by atoms with van der Waals surface area (Å²) in [5.74, 6) is 1.45. The van der Waals surface area contributed by atoms with Crippen LogP contribution in [0.4, 0.5) is 5.95 Å². The van der Waals surface area contributed by atoms with Gasteiger partial charge in [-0.05, 0) is 6.92 Å². The van der Waals surface area contributed by atoms with E-state index in [0.717, 1.165) is 12.4 Å². The second-order valence-corrected chi connectivity index (χ2v) is 3.40. The fourth-order valence-electron chi connectivity index (χ4n) is 1.08. The van der Waals surface area contributed by atoms with Crippen molar-refractivity contribution in [2.75, 3.05) is 27.8 Å². The van der Waals surface area contributed by atoms with Crippen LogP contribution >= 0.6 is 0 Å². The fraction of sp³-hybridized carbons (Fsp3) is 0.667. The smallest absolute Gasteiger partial charge is 0.252 e. The van der Waals surface area contributed by atoms with Gasteiger partial charge in [-0.25, -0.2) is 4.99 Å². The Morgan fingerprint density at radius 2 is 2.20 bits per heavy atom.